The van der Waals surface area contributed by atoms with Crippen LogP contribution in [-0.2, 0) is 4.74 Å². The van der Waals surface area contributed by atoms with Crippen molar-refractivity contribution in [2.24, 2.45) is 10.7 Å². The summed E-state index contributed by atoms with van der Waals surface area (Å²) in [5.74, 6) is 0.288. The maximum Gasteiger partial charge on any atom is 0.412 e. The fourth-order valence-corrected chi connectivity index (χ4v) is 1.92. The van der Waals surface area contributed by atoms with Crippen LogP contribution in [0.25, 0.3) is 0 Å². The van der Waals surface area contributed by atoms with Gasteiger partial charge >= 0.3 is 6.09 Å². The van der Waals surface area contributed by atoms with Gasteiger partial charge in [0.2, 0.25) is 3.79 Å². The number of carbonyl (C=O) groups excluding carboxylic acids is 1. The third-order valence-electron chi connectivity index (χ3n) is 2.47. The van der Waals surface area contributed by atoms with E-state index in [2.05, 4.69) is 10.3 Å². The number of carbonyl (C=O) groups is 1. The molecule has 6 nitrogen and oxygen atoms in total. The number of amides is 1. The Morgan fingerprint density at radius 3 is 2.95 bits per heavy atom. The largest absolute Gasteiger partial charge is 0.445 e. The Labute approximate surface area is 131 Å². The zero-order valence-electron chi connectivity index (χ0n) is 9.55. The van der Waals surface area contributed by atoms with Crippen molar-refractivity contribution in [2.75, 3.05) is 13.2 Å². The van der Waals surface area contributed by atoms with E-state index >= 15 is 0 Å². The molecule has 0 spiro atoms. The quantitative estimate of drug-likeness (QED) is 0.554. The molecule has 10 heteroatoms. The molecule has 0 fully saturated rings. The first-order chi connectivity index (χ1) is 8.37. The topological polar surface area (TPSA) is 80.0 Å². The summed E-state index contributed by atoms with van der Waals surface area (Å²) in [5.41, 5.74) is 5.56. The van der Waals surface area contributed by atoms with Gasteiger partial charge in [0.25, 0.3) is 0 Å². The summed E-state index contributed by atoms with van der Waals surface area (Å²) in [7, 11) is 0. The second-order valence-electron chi connectivity index (χ2n) is 3.85. The molecule has 1 amide bonds. The number of aliphatic imine (C=N–C) groups is 1. The Bertz CT molecular complexity index is 410. The van der Waals surface area contributed by atoms with Gasteiger partial charge in [0.05, 0.1) is 6.04 Å². The predicted octanol–water partition coefficient (Wildman–Crippen LogP) is 1.40. The fourth-order valence-electron chi connectivity index (χ4n) is 1.75. The van der Waals surface area contributed by atoms with Crippen LogP contribution in [-0.4, -0.2) is 46.1 Å². The van der Waals surface area contributed by atoms with Crippen molar-refractivity contribution in [1.82, 2.24) is 10.2 Å². The second-order valence-corrected chi connectivity index (χ2v) is 6.36. The molecule has 108 valence electrons. The summed E-state index contributed by atoms with van der Waals surface area (Å²) in [4.78, 5) is 17.4. The molecule has 0 bridgehead atoms. The molecule has 0 aromatic rings. The Morgan fingerprint density at radius 1 is 1.63 bits per heavy atom. The Kier molecular flexibility index (Phi) is 5.43. The number of hydrogen-bond donors (Lipinski definition) is 2. The molecule has 2 aliphatic heterocycles. The fraction of sp³-hybridized carbons (Fsp3) is 0.556. The van der Waals surface area contributed by atoms with Gasteiger partial charge in [-0.05, 0) is 0 Å². The molecule has 0 saturated carbocycles. The van der Waals surface area contributed by atoms with E-state index in [0.29, 0.717) is 6.54 Å². The lowest BCUT2D eigenvalue weighted by Crippen LogP contribution is -2.50. The van der Waals surface area contributed by atoms with Crippen molar-refractivity contribution >= 4 is 59.3 Å². The molecular formula is C9H12Cl4N4O2. The Morgan fingerprint density at radius 2 is 2.32 bits per heavy atom. The van der Waals surface area contributed by atoms with Crippen molar-refractivity contribution in [3.05, 3.63) is 12.2 Å². The molecule has 2 atom stereocenters. The minimum Gasteiger partial charge on any atom is -0.445 e. The number of alkyl halides is 3. The number of ether oxygens (including phenoxy) is 1. The Hall–Kier alpha value is -0.560. The summed E-state index contributed by atoms with van der Waals surface area (Å²) in [5, 5.41) is 2.93. The average Bonchev–Trinajstić information content (AvgIpc) is 2.64. The SMILES string of the molecule is Cl.NC1=NC2C(C=CCN2C(=O)OCC(Cl)(Cl)Cl)N1. The van der Waals surface area contributed by atoms with Gasteiger partial charge in [-0.15, -0.1) is 12.4 Å². The van der Waals surface area contributed by atoms with Gasteiger partial charge in [-0.1, -0.05) is 47.0 Å². The molecule has 2 aliphatic rings. The van der Waals surface area contributed by atoms with Crippen LogP contribution in [0.15, 0.2) is 17.1 Å². The summed E-state index contributed by atoms with van der Waals surface area (Å²) >= 11 is 16.5. The second kappa shape index (κ2) is 6.26. The number of nitrogens with two attached hydrogens (primary N) is 1. The number of nitrogens with one attached hydrogen (secondary N) is 1. The molecule has 2 unspecified atom stereocenters. The van der Waals surface area contributed by atoms with Crippen LogP contribution >= 0.6 is 47.2 Å². The molecule has 0 aromatic heterocycles. The van der Waals surface area contributed by atoms with Crippen molar-refractivity contribution in [2.45, 2.75) is 16.0 Å². The van der Waals surface area contributed by atoms with Crippen LogP contribution in [0.5, 0.6) is 0 Å². The zero-order chi connectivity index (χ0) is 13.3. The highest BCUT2D eigenvalue weighted by Gasteiger charge is 2.37. The molecule has 2 rings (SSSR count). The van der Waals surface area contributed by atoms with E-state index in [1.54, 1.807) is 0 Å². The molecular weight excluding hydrogens is 338 g/mol. The highest BCUT2D eigenvalue weighted by molar-refractivity contribution is 6.67. The van der Waals surface area contributed by atoms with E-state index in [0.717, 1.165) is 0 Å². The number of hydrogen-bond acceptors (Lipinski definition) is 5. The van der Waals surface area contributed by atoms with Crippen LogP contribution < -0.4 is 11.1 Å². The first kappa shape index (κ1) is 16.5. The van der Waals surface area contributed by atoms with E-state index in [1.807, 2.05) is 12.2 Å². The average molecular weight is 350 g/mol. The zero-order valence-corrected chi connectivity index (χ0v) is 12.6. The van der Waals surface area contributed by atoms with Crippen molar-refractivity contribution < 1.29 is 9.53 Å². The maximum absolute atomic E-state index is 11.9. The lowest BCUT2D eigenvalue weighted by Gasteiger charge is -2.31. The first-order valence-corrected chi connectivity index (χ1v) is 6.27. The van der Waals surface area contributed by atoms with E-state index in [4.69, 9.17) is 45.3 Å². The van der Waals surface area contributed by atoms with Crippen molar-refractivity contribution in [1.29, 1.82) is 0 Å². The van der Waals surface area contributed by atoms with Gasteiger partial charge in [-0.2, -0.15) is 0 Å². The highest BCUT2D eigenvalue weighted by Crippen LogP contribution is 2.27. The maximum atomic E-state index is 11.9. The summed E-state index contributed by atoms with van der Waals surface area (Å²) in [6.07, 6.45) is 2.70. The monoisotopic (exact) mass is 348 g/mol. The number of rotatable bonds is 1. The standard InChI is InChI=1S/C9H11Cl3N4O2.ClH/c10-9(11,12)4-18-8(17)16-3-1-2-5-6(16)15-7(13)14-5;/h1-2,5-6H,3-4H2,(H3,13,14,15);1H. The van der Waals surface area contributed by atoms with Crippen LogP contribution in [0.4, 0.5) is 4.79 Å². The minimum absolute atomic E-state index is 0. The lowest BCUT2D eigenvalue weighted by molar-refractivity contribution is 0.0897. The van der Waals surface area contributed by atoms with Gasteiger partial charge in [0.15, 0.2) is 12.1 Å². The van der Waals surface area contributed by atoms with Crippen LogP contribution in [0.1, 0.15) is 0 Å². The van der Waals surface area contributed by atoms with Crippen LogP contribution in [0.2, 0.25) is 0 Å². The van der Waals surface area contributed by atoms with Crippen LogP contribution in [0.3, 0.4) is 0 Å². The summed E-state index contributed by atoms with van der Waals surface area (Å²) in [6.45, 7) is 0.0546. The van der Waals surface area contributed by atoms with Crippen molar-refractivity contribution in [3.63, 3.8) is 0 Å². The summed E-state index contributed by atoms with van der Waals surface area (Å²) < 4.78 is 3.28. The third kappa shape index (κ3) is 4.21. The first-order valence-electron chi connectivity index (χ1n) is 5.13. The molecule has 19 heavy (non-hydrogen) atoms. The Balaban J connectivity index is 0.00000180. The van der Waals surface area contributed by atoms with E-state index < -0.39 is 16.1 Å². The van der Waals surface area contributed by atoms with Gasteiger partial charge in [-0.25, -0.2) is 9.79 Å². The summed E-state index contributed by atoms with van der Waals surface area (Å²) in [6, 6.07) is -0.140. The van der Waals surface area contributed by atoms with E-state index in [9.17, 15) is 4.79 Å². The number of nitrogens with zero attached hydrogens (tertiary/aromatic N) is 2. The molecule has 0 aliphatic carbocycles. The molecule has 0 saturated heterocycles. The molecule has 0 radical (unpaired) electrons. The lowest BCUT2D eigenvalue weighted by atomic mass is 10.1. The van der Waals surface area contributed by atoms with Crippen molar-refractivity contribution in [3.8, 4) is 0 Å². The number of fused-ring (bicyclic) bond motifs is 1. The van der Waals surface area contributed by atoms with Crippen LogP contribution in [0, 0.1) is 0 Å². The molecule has 3 N–H and O–H groups in total. The molecule has 0 aromatic carbocycles. The molecule has 2 heterocycles. The number of halogens is 4. The smallest absolute Gasteiger partial charge is 0.412 e. The minimum atomic E-state index is -1.63. The highest BCUT2D eigenvalue weighted by atomic mass is 35.6. The predicted molar refractivity (Wildman–Crippen MR) is 77.1 cm³/mol. The van der Waals surface area contributed by atoms with Gasteiger partial charge < -0.3 is 15.8 Å². The normalized spacial score (nSPS) is 25.0. The third-order valence-corrected chi connectivity index (χ3v) is 2.79. The van der Waals surface area contributed by atoms with Gasteiger partial charge in [0.1, 0.15) is 6.61 Å². The van der Waals surface area contributed by atoms with Gasteiger partial charge in [-0.3, -0.25) is 4.90 Å². The van der Waals surface area contributed by atoms with E-state index in [1.165, 1.54) is 4.90 Å². The van der Waals surface area contributed by atoms with Gasteiger partial charge in [0, 0.05) is 6.54 Å². The van der Waals surface area contributed by atoms with E-state index in [-0.39, 0.29) is 31.0 Å². The number of guanidine groups is 1.